The molecule has 0 aliphatic heterocycles. The third-order valence-corrected chi connectivity index (χ3v) is 5.92. The predicted octanol–water partition coefficient (Wildman–Crippen LogP) is 4.66. The maximum Gasteiger partial charge on any atom is 0.272 e. The van der Waals surface area contributed by atoms with Crippen molar-refractivity contribution in [3.8, 4) is 22.7 Å². The predicted molar refractivity (Wildman–Crippen MR) is 142 cm³/mol. The molecule has 3 aromatic carbocycles. The average molecular weight is 500 g/mol. The van der Waals surface area contributed by atoms with Crippen molar-refractivity contribution >= 4 is 11.6 Å². The van der Waals surface area contributed by atoms with Crippen LogP contribution in [0, 0.1) is 10.1 Å². The molecule has 1 aromatic heterocycles. The highest BCUT2D eigenvalue weighted by Gasteiger charge is 2.24. The van der Waals surface area contributed by atoms with Gasteiger partial charge >= 0.3 is 0 Å². The van der Waals surface area contributed by atoms with E-state index in [0.717, 1.165) is 11.1 Å². The van der Waals surface area contributed by atoms with Crippen LogP contribution in [0.4, 0.5) is 5.69 Å². The van der Waals surface area contributed by atoms with Gasteiger partial charge < -0.3 is 14.5 Å². The van der Waals surface area contributed by atoms with E-state index in [4.69, 9.17) is 9.84 Å². The van der Waals surface area contributed by atoms with Crippen molar-refractivity contribution in [2.45, 2.75) is 6.54 Å². The first-order valence-electron chi connectivity index (χ1n) is 11.8. The van der Waals surface area contributed by atoms with Gasteiger partial charge in [-0.2, -0.15) is 5.10 Å². The number of nitro benzene ring substituents is 1. The van der Waals surface area contributed by atoms with E-state index in [9.17, 15) is 14.9 Å². The fraction of sp³-hybridized carbons (Fsp3) is 0.214. The molecular weight excluding hydrogens is 470 g/mol. The number of nitro groups is 1. The van der Waals surface area contributed by atoms with Crippen LogP contribution in [0.2, 0.25) is 0 Å². The number of amides is 1. The second-order valence-electron chi connectivity index (χ2n) is 8.85. The lowest BCUT2D eigenvalue weighted by molar-refractivity contribution is -0.384. The van der Waals surface area contributed by atoms with Crippen LogP contribution in [0.25, 0.3) is 16.9 Å². The number of methoxy groups -OCH3 is 1. The summed E-state index contributed by atoms with van der Waals surface area (Å²) < 4.78 is 6.91. The summed E-state index contributed by atoms with van der Waals surface area (Å²) in [6.07, 6.45) is 0. The Morgan fingerprint density at radius 1 is 0.973 bits per heavy atom. The molecule has 9 heteroatoms. The third-order valence-electron chi connectivity index (χ3n) is 5.92. The molecule has 0 unspecified atom stereocenters. The van der Waals surface area contributed by atoms with Crippen molar-refractivity contribution < 1.29 is 14.5 Å². The number of nitrogens with zero attached hydrogens (tertiary/aromatic N) is 5. The van der Waals surface area contributed by atoms with Gasteiger partial charge in [-0.25, -0.2) is 4.68 Å². The van der Waals surface area contributed by atoms with Crippen LogP contribution in [0.3, 0.4) is 0 Å². The first-order valence-corrected chi connectivity index (χ1v) is 11.8. The maximum atomic E-state index is 14.0. The summed E-state index contributed by atoms with van der Waals surface area (Å²) in [4.78, 5) is 28.6. The Morgan fingerprint density at radius 2 is 1.70 bits per heavy atom. The summed E-state index contributed by atoms with van der Waals surface area (Å²) in [6.45, 7) is 1.64. The van der Waals surface area contributed by atoms with E-state index >= 15 is 0 Å². The molecule has 0 atom stereocenters. The molecule has 0 spiro atoms. The minimum atomic E-state index is -0.455. The van der Waals surface area contributed by atoms with Crippen LogP contribution in [0.15, 0.2) is 84.9 Å². The van der Waals surface area contributed by atoms with Crippen molar-refractivity contribution in [3.05, 3.63) is 106 Å². The molecule has 4 rings (SSSR count). The van der Waals surface area contributed by atoms with Gasteiger partial charge in [0, 0.05) is 37.3 Å². The van der Waals surface area contributed by atoms with E-state index in [1.807, 2.05) is 73.6 Å². The van der Waals surface area contributed by atoms with Gasteiger partial charge in [-0.1, -0.05) is 42.5 Å². The Bertz CT molecular complexity index is 1370. The average Bonchev–Trinajstić information content (AvgIpc) is 3.37. The Morgan fingerprint density at radius 3 is 2.35 bits per heavy atom. The van der Waals surface area contributed by atoms with E-state index in [-0.39, 0.29) is 11.6 Å². The fourth-order valence-corrected chi connectivity index (χ4v) is 3.91. The molecule has 4 aromatic rings. The number of benzene rings is 3. The highest BCUT2D eigenvalue weighted by atomic mass is 16.6. The van der Waals surface area contributed by atoms with Crippen molar-refractivity contribution in [1.82, 2.24) is 19.6 Å². The lowest BCUT2D eigenvalue weighted by Gasteiger charge is -2.25. The third kappa shape index (κ3) is 6.20. The Balaban J connectivity index is 1.78. The molecule has 0 N–H and O–H groups in total. The number of hydrogen-bond donors (Lipinski definition) is 0. The minimum Gasteiger partial charge on any atom is -0.497 e. The first-order chi connectivity index (χ1) is 17.9. The molecule has 0 fully saturated rings. The second-order valence-corrected chi connectivity index (χ2v) is 8.85. The monoisotopic (exact) mass is 499 g/mol. The zero-order valence-electron chi connectivity index (χ0n) is 21.1. The van der Waals surface area contributed by atoms with E-state index in [1.165, 1.54) is 12.1 Å². The van der Waals surface area contributed by atoms with E-state index < -0.39 is 4.92 Å². The molecule has 1 heterocycles. The van der Waals surface area contributed by atoms with Gasteiger partial charge in [0.25, 0.3) is 11.6 Å². The normalized spacial score (nSPS) is 10.9. The number of aromatic nitrogens is 2. The van der Waals surface area contributed by atoms with Crippen molar-refractivity contribution in [1.29, 1.82) is 0 Å². The topological polar surface area (TPSA) is 93.7 Å². The largest absolute Gasteiger partial charge is 0.497 e. The van der Waals surface area contributed by atoms with Gasteiger partial charge in [0.15, 0.2) is 0 Å². The van der Waals surface area contributed by atoms with E-state index in [1.54, 1.807) is 34.9 Å². The molecular formula is C28H29N5O4. The molecule has 1 amide bonds. The number of non-ortho nitro benzene ring substituents is 1. The smallest absolute Gasteiger partial charge is 0.272 e. The number of rotatable bonds is 10. The number of hydrogen-bond acceptors (Lipinski definition) is 6. The molecule has 0 radical (unpaired) electrons. The summed E-state index contributed by atoms with van der Waals surface area (Å²) in [5.74, 6) is 0.484. The van der Waals surface area contributed by atoms with Crippen molar-refractivity contribution in [2.24, 2.45) is 0 Å². The Hall–Kier alpha value is -4.50. The number of likely N-dealkylation sites (N-methyl/N-ethyl adjacent to an activating group) is 1. The van der Waals surface area contributed by atoms with Crippen molar-refractivity contribution in [2.75, 3.05) is 34.3 Å². The van der Waals surface area contributed by atoms with Gasteiger partial charge in [0.1, 0.15) is 11.4 Å². The molecule has 0 aliphatic carbocycles. The van der Waals surface area contributed by atoms with Crippen LogP contribution in [0.1, 0.15) is 16.1 Å². The van der Waals surface area contributed by atoms with Gasteiger partial charge in [0.2, 0.25) is 0 Å². The standard InChI is InChI=1S/C28H29N5O4/c1-30(2)16-17-31(20-21-8-5-4-6-9-21)28(34)27-19-26(22-10-7-11-25(18-22)37-3)29-32(27)23-12-14-24(15-13-23)33(35)36/h4-15,18-19H,16-17,20H2,1-3H3. The fourth-order valence-electron chi connectivity index (χ4n) is 3.91. The summed E-state index contributed by atoms with van der Waals surface area (Å²) in [5.41, 5.74) is 3.28. The Kier molecular flexibility index (Phi) is 7.95. The number of carbonyl (C=O) groups is 1. The molecule has 0 saturated carbocycles. The van der Waals surface area contributed by atoms with Crippen LogP contribution < -0.4 is 4.74 Å². The second kappa shape index (κ2) is 11.5. The maximum absolute atomic E-state index is 14.0. The van der Waals surface area contributed by atoms with Crippen LogP contribution in [0.5, 0.6) is 5.75 Å². The highest BCUT2D eigenvalue weighted by molar-refractivity contribution is 5.94. The summed E-state index contributed by atoms with van der Waals surface area (Å²) in [5, 5.41) is 15.9. The summed E-state index contributed by atoms with van der Waals surface area (Å²) >= 11 is 0. The SMILES string of the molecule is COc1cccc(-c2cc(C(=O)N(CCN(C)C)Cc3ccccc3)n(-c3ccc([N+](=O)[O-])cc3)n2)c1. The molecule has 190 valence electrons. The zero-order valence-corrected chi connectivity index (χ0v) is 21.1. The lowest BCUT2D eigenvalue weighted by atomic mass is 10.1. The van der Waals surface area contributed by atoms with Crippen LogP contribution in [-0.4, -0.2) is 64.7 Å². The lowest BCUT2D eigenvalue weighted by Crippen LogP contribution is -2.37. The van der Waals surface area contributed by atoms with Gasteiger partial charge in [0.05, 0.1) is 23.4 Å². The molecule has 37 heavy (non-hydrogen) atoms. The van der Waals surface area contributed by atoms with E-state index in [2.05, 4.69) is 0 Å². The van der Waals surface area contributed by atoms with Gasteiger partial charge in [-0.15, -0.1) is 0 Å². The van der Waals surface area contributed by atoms with Crippen LogP contribution >= 0.6 is 0 Å². The summed E-state index contributed by atoms with van der Waals surface area (Å²) in [6, 6.07) is 25.0. The number of carbonyl (C=O) groups excluding carboxylic acids is 1. The number of ether oxygens (including phenoxy) is 1. The highest BCUT2D eigenvalue weighted by Crippen LogP contribution is 2.27. The molecule has 9 nitrogen and oxygen atoms in total. The van der Waals surface area contributed by atoms with E-state index in [0.29, 0.717) is 42.5 Å². The zero-order chi connectivity index (χ0) is 26.4. The van der Waals surface area contributed by atoms with Gasteiger partial charge in [-0.05, 0) is 50.0 Å². The van der Waals surface area contributed by atoms with Gasteiger partial charge in [-0.3, -0.25) is 14.9 Å². The Labute approximate surface area is 215 Å². The quantitative estimate of drug-likeness (QED) is 0.233. The summed E-state index contributed by atoms with van der Waals surface area (Å²) in [7, 11) is 5.52. The minimum absolute atomic E-state index is 0.0338. The van der Waals surface area contributed by atoms with Crippen molar-refractivity contribution in [3.63, 3.8) is 0 Å². The van der Waals surface area contributed by atoms with Crippen LogP contribution in [-0.2, 0) is 6.54 Å². The molecule has 0 bridgehead atoms. The molecule has 0 saturated heterocycles. The first kappa shape index (κ1) is 25.6. The molecule has 0 aliphatic rings.